The van der Waals surface area contributed by atoms with Crippen molar-refractivity contribution in [3.8, 4) is 5.75 Å². The summed E-state index contributed by atoms with van der Waals surface area (Å²) in [6.07, 6.45) is 0.0815. The molecule has 2 N–H and O–H groups in total. The number of nitrogens with two attached hydrogens (primary N) is 1. The van der Waals surface area contributed by atoms with Gasteiger partial charge < -0.3 is 20.1 Å². The van der Waals surface area contributed by atoms with Gasteiger partial charge in [-0.25, -0.2) is 0 Å². The van der Waals surface area contributed by atoms with Gasteiger partial charge in [-0.15, -0.1) is 0 Å². The van der Waals surface area contributed by atoms with Crippen molar-refractivity contribution in [2.24, 2.45) is 5.73 Å². The van der Waals surface area contributed by atoms with E-state index in [1.807, 2.05) is 31.2 Å². The topological polar surface area (TPSA) is 64.8 Å². The Morgan fingerprint density at radius 1 is 1.38 bits per heavy atom. The number of nitrogens with zero attached hydrogens (tertiary/aromatic N) is 1. The maximum Gasteiger partial charge on any atom is 0.225 e. The van der Waals surface area contributed by atoms with Crippen molar-refractivity contribution < 1.29 is 14.3 Å². The first-order valence-electron chi connectivity index (χ1n) is 6.99. The number of hydrogen-bond donors (Lipinski definition) is 1. The highest BCUT2D eigenvalue weighted by Gasteiger charge is 2.16. The van der Waals surface area contributed by atoms with E-state index < -0.39 is 0 Å². The predicted octanol–water partition coefficient (Wildman–Crippen LogP) is 2.04. The SMILES string of the molecule is CCN(CCOc1ccc(Br)cc1)C(=O)CC(CN)OC. The van der Waals surface area contributed by atoms with Gasteiger partial charge in [-0.2, -0.15) is 0 Å². The fourth-order valence-electron chi connectivity index (χ4n) is 1.85. The number of benzene rings is 1. The molecule has 0 saturated heterocycles. The predicted molar refractivity (Wildman–Crippen MR) is 86.4 cm³/mol. The van der Waals surface area contributed by atoms with Gasteiger partial charge in [0.2, 0.25) is 5.91 Å². The third-order valence-electron chi connectivity index (χ3n) is 3.18. The maximum absolute atomic E-state index is 12.1. The lowest BCUT2D eigenvalue weighted by molar-refractivity contribution is -0.133. The number of halogens is 1. The number of likely N-dealkylation sites (N-methyl/N-ethyl adjacent to an activating group) is 1. The Morgan fingerprint density at radius 3 is 2.57 bits per heavy atom. The van der Waals surface area contributed by atoms with Crippen LogP contribution in [0.25, 0.3) is 0 Å². The number of carbonyl (C=O) groups excluding carboxylic acids is 1. The minimum Gasteiger partial charge on any atom is -0.492 e. The molecule has 6 heteroatoms. The normalized spacial score (nSPS) is 12.0. The van der Waals surface area contributed by atoms with E-state index in [9.17, 15) is 4.79 Å². The Labute approximate surface area is 134 Å². The van der Waals surface area contributed by atoms with Crippen molar-refractivity contribution in [2.45, 2.75) is 19.4 Å². The first-order chi connectivity index (χ1) is 10.1. The van der Waals surface area contributed by atoms with Gasteiger partial charge in [0.25, 0.3) is 0 Å². The van der Waals surface area contributed by atoms with Crippen LogP contribution in [0.2, 0.25) is 0 Å². The van der Waals surface area contributed by atoms with Crippen LogP contribution in [0.4, 0.5) is 0 Å². The van der Waals surface area contributed by atoms with Crippen LogP contribution in [0.5, 0.6) is 5.75 Å². The first kappa shape index (κ1) is 17.9. The Balaban J connectivity index is 2.39. The summed E-state index contributed by atoms with van der Waals surface area (Å²) in [7, 11) is 1.57. The Morgan fingerprint density at radius 2 is 2.05 bits per heavy atom. The van der Waals surface area contributed by atoms with Gasteiger partial charge in [-0.05, 0) is 31.2 Å². The second kappa shape index (κ2) is 9.76. The maximum atomic E-state index is 12.1. The number of ether oxygens (including phenoxy) is 2. The molecular formula is C15H23BrN2O3. The lowest BCUT2D eigenvalue weighted by Gasteiger charge is -2.23. The van der Waals surface area contributed by atoms with Crippen molar-refractivity contribution in [3.63, 3.8) is 0 Å². The van der Waals surface area contributed by atoms with Crippen LogP contribution in [-0.2, 0) is 9.53 Å². The van der Waals surface area contributed by atoms with E-state index in [0.29, 0.717) is 32.7 Å². The van der Waals surface area contributed by atoms with Crippen LogP contribution in [0.3, 0.4) is 0 Å². The molecule has 0 aromatic heterocycles. The summed E-state index contributed by atoms with van der Waals surface area (Å²) in [6, 6.07) is 7.61. The molecular weight excluding hydrogens is 336 g/mol. The average Bonchev–Trinajstić information content (AvgIpc) is 2.50. The summed E-state index contributed by atoms with van der Waals surface area (Å²) in [5, 5.41) is 0. The highest BCUT2D eigenvalue weighted by molar-refractivity contribution is 9.10. The van der Waals surface area contributed by atoms with Crippen LogP contribution in [0.1, 0.15) is 13.3 Å². The molecule has 0 aliphatic carbocycles. The molecule has 1 atom stereocenters. The molecule has 0 aliphatic heterocycles. The fraction of sp³-hybridized carbons (Fsp3) is 0.533. The second-order valence-electron chi connectivity index (χ2n) is 4.57. The number of hydrogen-bond acceptors (Lipinski definition) is 4. The third-order valence-corrected chi connectivity index (χ3v) is 3.71. The van der Waals surface area contributed by atoms with E-state index >= 15 is 0 Å². The molecule has 0 aliphatic rings. The van der Waals surface area contributed by atoms with E-state index in [1.165, 1.54) is 0 Å². The average molecular weight is 359 g/mol. The van der Waals surface area contributed by atoms with Gasteiger partial charge in [-0.3, -0.25) is 4.79 Å². The first-order valence-corrected chi connectivity index (χ1v) is 7.79. The summed E-state index contributed by atoms with van der Waals surface area (Å²) < 4.78 is 11.8. The van der Waals surface area contributed by atoms with Crippen molar-refractivity contribution in [1.29, 1.82) is 0 Å². The largest absolute Gasteiger partial charge is 0.492 e. The standard InChI is InChI=1S/C15H23BrN2O3/c1-3-18(15(19)10-14(11-17)20-2)8-9-21-13-6-4-12(16)5-7-13/h4-7,14H,3,8-11,17H2,1-2H3. The Bertz CT molecular complexity index is 421. The zero-order valence-electron chi connectivity index (χ0n) is 12.5. The van der Waals surface area contributed by atoms with E-state index in [2.05, 4.69) is 15.9 Å². The molecule has 5 nitrogen and oxygen atoms in total. The molecule has 1 amide bonds. The van der Waals surface area contributed by atoms with Crippen molar-refractivity contribution in [1.82, 2.24) is 4.90 Å². The molecule has 0 bridgehead atoms. The van der Waals surface area contributed by atoms with E-state index in [4.69, 9.17) is 15.2 Å². The highest BCUT2D eigenvalue weighted by Crippen LogP contribution is 2.16. The molecule has 21 heavy (non-hydrogen) atoms. The van der Waals surface area contributed by atoms with Crippen molar-refractivity contribution in [3.05, 3.63) is 28.7 Å². The van der Waals surface area contributed by atoms with Crippen LogP contribution >= 0.6 is 15.9 Å². The fourth-order valence-corrected chi connectivity index (χ4v) is 2.11. The number of methoxy groups -OCH3 is 1. The van der Waals surface area contributed by atoms with E-state index in [0.717, 1.165) is 10.2 Å². The molecule has 1 unspecified atom stereocenters. The van der Waals surface area contributed by atoms with Crippen LogP contribution in [0, 0.1) is 0 Å². The van der Waals surface area contributed by atoms with Crippen molar-refractivity contribution >= 4 is 21.8 Å². The molecule has 0 spiro atoms. The van der Waals surface area contributed by atoms with Crippen LogP contribution in [0.15, 0.2) is 28.7 Å². The monoisotopic (exact) mass is 358 g/mol. The molecule has 0 heterocycles. The molecule has 1 rings (SSSR count). The zero-order valence-corrected chi connectivity index (χ0v) is 14.1. The van der Waals surface area contributed by atoms with Crippen LogP contribution in [-0.4, -0.2) is 50.3 Å². The molecule has 0 radical (unpaired) electrons. The van der Waals surface area contributed by atoms with Crippen molar-refractivity contribution in [2.75, 3.05) is 33.4 Å². The van der Waals surface area contributed by atoms with E-state index in [1.54, 1.807) is 12.0 Å². The molecule has 0 fully saturated rings. The quantitative estimate of drug-likeness (QED) is 0.733. The molecule has 118 valence electrons. The van der Waals surface area contributed by atoms with Gasteiger partial charge in [0.1, 0.15) is 12.4 Å². The third kappa shape index (κ3) is 6.46. The summed E-state index contributed by atoms with van der Waals surface area (Å²) in [5.41, 5.74) is 5.54. The minimum atomic E-state index is -0.223. The summed E-state index contributed by atoms with van der Waals surface area (Å²) in [5.74, 6) is 0.827. The van der Waals surface area contributed by atoms with Gasteiger partial charge in [0, 0.05) is 24.7 Å². The highest BCUT2D eigenvalue weighted by atomic mass is 79.9. The minimum absolute atomic E-state index is 0.0363. The molecule has 1 aromatic carbocycles. The number of rotatable bonds is 9. The van der Waals surface area contributed by atoms with Gasteiger partial charge in [0.15, 0.2) is 0 Å². The van der Waals surface area contributed by atoms with Crippen LogP contribution < -0.4 is 10.5 Å². The second-order valence-corrected chi connectivity index (χ2v) is 5.49. The molecule has 0 saturated carbocycles. The van der Waals surface area contributed by atoms with E-state index in [-0.39, 0.29) is 12.0 Å². The smallest absolute Gasteiger partial charge is 0.225 e. The number of carbonyl (C=O) groups is 1. The summed E-state index contributed by atoms with van der Waals surface area (Å²) in [4.78, 5) is 13.9. The lowest BCUT2D eigenvalue weighted by Crippen LogP contribution is -2.38. The summed E-state index contributed by atoms with van der Waals surface area (Å²) in [6.45, 7) is 3.94. The Kier molecular flexibility index (Phi) is 8.34. The lowest BCUT2D eigenvalue weighted by atomic mass is 10.2. The Hall–Kier alpha value is -1.11. The summed E-state index contributed by atoms with van der Waals surface area (Å²) >= 11 is 3.37. The van der Waals surface area contributed by atoms with Gasteiger partial charge >= 0.3 is 0 Å². The van der Waals surface area contributed by atoms with Gasteiger partial charge in [0.05, 0.1) is 19.1 Å². The number of amides is 1. The van der Waals surface area contributed by atoms with Gasteiger partial charge in [-0.1, -0.05) is 15.9 Å². The molecule has 1 aromatic rings. The zero-order chi connectivity index (χ0) is 15.7.